The Hall–Kier alpha value is -1.72. The lowest BCUT2D eigenvalue weighted by Gasteiger charge is -2.21. The van der Waals surface area contributed by atoms with Crippen LogP contribution in [0.4, 0.5) is 0 Å². The predicted octanol–water partition coefficient (Wildman–Crippen LogP) is 4.51. The molecule has 0 amide bonds. The van der Waals surface area contributed by atoms with Gasteiger partial charge in [-0.05, 0) is 38.5 Å². The van der Waals surface area contributed by atoms with Crippen LogP contribution in [0, 0.1) is 0 Å². The van der Waals surface area contributed by atoms with Crippen molar-refractivity contribution in [2.24, 2.45) is 0 Å². The monoisotopic (exact) mass is 364 g/mol. The van der Waals surface area contributed by atoms with Crippen molar-refractivity contribution in [2.45, 2.75) is 37.0 Å². The number of rotatable bonds is 6. The lowest BCUT2D eigenvalue weighted by molar-refractivity contribution is 0.336. The first-order valence-corrected chi connectivity index (χ1v) is 8.93. The molecular formula is C18H21ClN2O2S. The van der Waals surface area contributed by atoms with Crippen molar-refractivity contribution in [3.63, 3.8) is 0 Å². The smallest absolute Gasteiger partial charge is 0.287 e. The van der Waals surface area contributed by atoms with Crippen LogP contribution in [0.25, 0.3) is 0 Å². The SMILES string of the molecule is C=CCOc1ccc(CSc2cnn(C(C)(C)C)c(=O)c2Cl)cc1. The van der Waals surface area contributed by atoms with E-state index in [2.05, 4.69) is 11.7 Å². The first-order valence-electron chi connectivity index (χ1n) is 7.56. The molecule has 0 spiro atoms. The van der Waals surface area contributed by atoms with E-state index in [0.717, 1.165) is 11.3 Å². The molecule has 0 atom stereocenters. The predicted molar refractivity (Wildman–Crippen MR) is 100 cm³/mol. The first-order chi connectivity index (χ1) is 11.3. The summed E-state index contributed by atoms with van der Waals surface area (Å²) in [5.41, 5.74) is 0.454. The van der Waals surface area contributed by atoms with Gasteiger partial charge in [0.2, 0.25) is 0 Å². The van der Waals surface area contributed by atoms with Crippen LogP contribution < -0.4 is 10.3 Å². The number of halogens is 1. The van der Waals surface area contributed by atoms with E-state index in [0.29, 0.717) is 17.3 Å². The second-order valence-electron chi connectivity index (χ2n) is 6.24. The van der Waals surface area contributed by atoms with Gasteiger partial charge in [-0.15, -0.1) is 11.8 Å². The molecule has 6 heteroatoms. The van der Waals surface area contributed by atoms with Gasteiger partial charge in [-0.3, -0.25) is 4.79 Å². The minimum Gasteiger partial charge on any atom is -0.490 e. The molecule has 1 aromatic carbocycles. The molecule has 1 aromatic heterocycles. The van der Waals surface area contributed by atoms with Crippen molar-refractivity contribution in [3.8, 4) is 5.75 Å². The van der Waals surface area contributed by atoms with Crippen LogP contribution in [0.1, 0.15) is 26.3 Å². The highest BCUT2D eigenvalue weighted by atomic mass is 35.5. The quantitative estimate of drug-likeness (QED) is 0.558. The fourth-order valence-corrected chi connectivity index (χ4v) is 3.14. The van der Waals surface area contributed by atoms with Crippen molar-refractivity contribution in [1.29, 1.82) is 0 Å². The Morgan fingerprint density at radius 2 is 2.00 bits per heavy atom. The van der Waals surface area contributed by atoms with Gasteiger partial charge in [0.15, 0.2) is 0 Å². The van der Waals surface area contributed by atoms with Crippen LogP contribution in [-0.4, -0.2) is 16.4 Å². The third-order valence-corrected chi connectivity index (χ3v) is 4.78. The van der Waals surface area contributed by atoms with E-state index in [4.69, 9.17) is 16.3 Å². The summed E-state index contributed by atoms with van der Waals surface area (Å²) in [6, 6.07) is 7.81. The van der Waals surface area contributed by atoms with Crippen LogP contribution >= 0.6 is 23.4 Å². The topological polar surface area (TPSA) is 44.1 Å². The molecule has 128 valence electrons. The lowest BCUT2D eigenvalue weighted by Crippen LogP contribution is -2.36. The fraction of sp³-hybridized carbons (Fsp3) is 0.333. The van der Waals surface area contributed by atoms with Gasteiger partial charge in [0.05, 0.1) is 16.6 Å². The number of aromatic nitrogens is 2. The Kier molecular flexibility index (Phi) is 6.13. The van der Waals surface area contributed by atoms with Crippen molar-refractivity contribution in [1.82, 2.24) is 9.78 Å². The highest BCUT2D eigenvalue weighted by molar-refractivity contribution is 7.98. The van der Waals surface area contributed by atoms with Crippen LogP contribution in [-0.2, 0) is 11.3 Å². The summed E-state index contributed by atoms with van der Waals surface area (Å²) in [5.74, 6) is 1.50. The van der Waals surface area contributed by atoms with Crippen molar-refractivity contribution < 1.29 is 4.74 Å². The van der Waals surface area contributed by atoms with Crippen LogP contribution in [0.5, 0.6) is 5.75 Å². The molecule has 0 aliphatic carbocycles. The highest BCUT2D eigenvalue weighted by Gasteiger charge is 2.19. The van der Waals surface area contributed by atoms with E-state index in [1.54, 1.807) is 12.3 Å². The average Bonchev–Trinajstić information content (AvgIpc) is 2.54. The maximum Gasteiger partial charge on any atom is 0.287 e. The zero-order chi connectivity index (χ0) is 17.7. The van der Waals surface area contributed by atoms with Crippen molar-refractivity contribution in [3.05, 3.63) is 64.1 Å². The maximum atomic E-state index is 12.3. The standard InChI is InChI=1S/C18H21ClN2O2S/c1-5-10-23-14-8-6-13(7-9-14)12-24-15-11-20-21(18(2,3)4)17(22)16(15)19/h5-9,11H,1,10,12H2,2-4H3. The molecule has 1 heterocycles. The summed E-state index contributed by atoms with van der Waals surface area (Å²) >= 11 is 7.72. The summed E-state index contributed by atoms with van der Waals surface area (Å²) < 4.78 is 6.86. The van der Waals surface area contributed by atoms with Crippen molar-refractivity contribution >= 4 is 23.4 Å². The summed E-state index contributed by atoms with van der Waals surface area (Å²) in [4.78, 5) is 13.0. The summed E-state index contributed by atoms with van der Waals surface area (Å²) in [6.07, 6.45) is 3.36. The largest absolute Gasteiger partial charge is 0.490 e. The molecule has 0 radical (unpaired) electrons. The van der Waals surface area contributed by atoms with E-state index in [9.17, 15) is 4.79 Å². The minimum absolute atomic E-state index is 0.218. The van der Waals surface area contributed by atoms with Gasteiger partial charge in [-0.2, -0.15) is 5.10 Å². The molecule has 0 saturated heterocycles. The molecule has 0 aliphatic heterocycles. The molecule has 0 saturated carbocycles. The van der Waals surface area contributed by atoms with Crippen LogP contribution in [0.3, 0.4) is 0 Å². The van der Waals surface area contributed by atoms with Gasteiger partial charge in [-0.25, -0.2) is 4.68 Å². The highest BCUT2D eigenvalue weighted by Crippen LogP contribution is 2.28. The van der Waals surface area contributed by atoms with Gasteiger partial charge >= 0.3 is 0 Å². The number of thioether (sulfide) groups is 1. The Morgan fingerprint density at radius 3 is 2.58 bits per heavy atom. The van der Waals surface area contributed by atoms with Gasteiger partial charge in [-0.1, -0.05) is 36.4 Å². The fourth-order valence-electron chi connectivity index (χ4n) is 1.99. The van der Waals surface area contributed by atoms with E-state index < -0.39 is 5.54 Å². The Balaban J connectivity index is 2.08. The van der Waals surface area contributed by atoms with E-state index in [-0.39, 0.29) is 10.6 Å². The summed E-state index contributed by atoms with van der Waals surface area (Å²) in [7, 11) is 0. The van der Waals surface area contributed by atoms with E-state index >= 15 is 0 Å². The lowest BCUT2D eigenvalue weighted by atomic mass is 10.1. The molecule has 0 bridgehead atoms. The molecule has 4 nitrogen and oxygen atoms in total. The van der Waals surface area contributed by atoms with Gasteiger partial charge in [0.25, 0.3) is 5.56 Å². The zero-order valence-corrected chi connectivity index (χ0v) is 15.7. The molecular weight excluding hydrogens is 344 g/mol. The second-order valence-corrected chi connectivity index (χ2v) is 7.64. The van der Waals surface area contributed by atoms with Gasteiger partial charge in [0.1, 0.15) is 17.4 Å². The molecule has 2 rings (SSSR count). The second kappa shape index (κ2) is 7.90. The van der Waals surface area contributed by atoms with Gasteiger partial charge < -0.3 is 4.74 Å². The number of benzene rings is 1. The first kappa shape index (κ1) is 18.6. The maximum absolute atomic E-state index is 12.3. The number of nitrogens with zero attached hydrogens (tertiary/aromatic N) is 2. The normalized spacial score (nSPS) is 11.3. The molecule has 0 fully saturated rings. The Labute approximate surface area is 151 Å². The van der Waals surface area contributed by atoms with E-state index in [1.165, 1.54) is 16.4 Å². The third-order valence-electron chi connectivity index (χ3n) is 3.21. The summed E-state index contributed by atoms with van der Waals surface area (Å²) in [5, 5.41) is 4.46. The molecule has 24 heavy (non-hydrogen) atoms. The molecule has 2 aromatic rings. The van der Waals surface area contributed by atoms with E-state index in [1.807, 2.05) is 45.0 Å². The number of hydrogen-bond donors (Lipinski definition) is 0. The van der Waals surface area contributed by atoms with Crippen LogP contribution in [0.15, 0.2) is 52.8 Å². The molecule has 0 unspecified atom stereocenters. The van der Waals surface area contributed by atoms with Crippen molar-refractivity contribution in [2.75, 3.05) is 6.61 Å². The Bertz CT molecular complexity index is 764. The number of ether oxygens (including phenoxy) is 1. The summed E-state index contributed by atoms with van der Waals surface area (Å²) in [6.45, 7) is 9.86. The van der Waals surface area contributed by atoms with Gasteiger partial charge in [0, 0.05) is 5.75 Å². The molecule has 0 N–H and O–H groups in total. The minimum atomic E-state index is -0.398. The molecule has 0 aliphatic rings. The zero-order valence-electron chi connectivity index (χ0n) is 14.1. The Morgan fingerprint density at radius 1 is 1.33 bits per heavy atom. The van der Waals surface area contributed by atoms with Crippen LogP contribution in [0.2, 0.25) is 5.02 Å². The number of hydrogen-bond acceptors (Lipinski definition) is 4. The average molecular weight is 365 g/mol. The third kappa shape index (κ3) is 4.65.